The molecule has 4 aromatic rings. The Morgan fingerprint density at radius 3 is 2.41 bits per heavy atom. The van der Waals surface area contributed by atoms with Crippen molar-refractivity contribution in [3.8, 4) is 17.2 Å². The second kappa shape index (κ2) is 19.1. The SMILES string of the molecule is COc1ccc(CCCNCCCOc2cccc([C@@H]3O[C@@H](CC(=O)NCc4ccccc4F)C(=O)N(CC(C)(C)C)c4ccc(Cl)cc43)c2OC)cc1. The number of amides is 2. The maximum absolute atomic E-state index is 14.4. The molecule has 11 heteroatoms. The standard InChI is InChI=1S/C43H51ClFN3O6/c1-43(2,3)28-48-36-21-18-31(44)25-34(36)40(54-38(42(48)50)26-39(49)47-27-30-12-6-7-14-35(30)45)33-13-8-15-37(41(33)52-5)53-24-10-23-46-22-9-11-29-16-19-32(51-4)20-17-29/h6-8,12-21,25,38,40,46H,9-11,22-24,26-28H2,1-5H3,(H,47,49)/t38-,40-/m0/s1. The van der Waals surface area contributed by atoms with Gasteiger partial charge in [0.05, 0.1) is 27.2 Å². The molecule has 9 nitrogen and oxygen atoms in total. The maximum Gasteiger partial charge on any atom is 0.256 e. The lowest BCUT2D eigenvalue weighted by Crippen LogP contribution is -2.45. The Bertz CT molecular complexity index is 1870. The summed E-state index contributed by atoms with van der Waals surface area (Å²) in [6.45, 7) is 8.57. The van der Waals surface area contributed by atoms with E-state index in [-0.39, 0.29) is 24.3 Å². The number of benzene rings is 4. The van der Waals surface area contributed by atoms with E-state index in [9.17, 15) is 14.0 Å². The summed E-state index contributed by atoms with van der Waals surface area (Å²) in [6.07, 6.45) is 0.470. The van der Waals surface area contributed by atoms with Crippen molar-refractivity contribution >= 4 is 29.1 Å². The number of halogens is 2. The summed E-state index contributed by atoms with van der Waals surface area (Å²) < 4.78 is 38.4. The molecule has 0 bridgehead atoms. The van der Waals surface area contributed by atoms with Gasteiger partial charge in [-0.3, -0.25) is 9.59 Å². The number of hydrogen-bond donors (Lipinski definition) is 2. The van der Waals surface area contributed by atoms with Crippen molar-refractivity contribution in [3.63, 3.8) is 0 Å². The highest BCUT2D eigenvalue weighted by Gasteiger charge is 2.40. The van der Waals surface area contributed by atoms with Crippen LogP contribution < -0.4 is 29.7 Å². The van der Waals surface area contributed by atoms with E-state index in [2.05, 4.69) is 22.8 Å². The molecular weight excluding hydrogens is 709 g/mol. The highest BCUT2D eigenvalue weighted by atomic mass is 35.5. The number of aryl methyl sites for hydroxylation is 1. The molecule has 54 heavy (non-hydrogen) atoms. The minimum Gasteiger partial charge on any atom is -0.497 e. The molecule has 4 aromatic carbocycles. The van der Waals surface area contributed by atoms with Crippen molar-refractivity contribution in [2.75, 3.05) is 45.4 Å². The number of carbonyl (C=O) groups excluding carboxylic acids is 2. The molecule has 1 aliphatic heterocycles. The molecule has 2 amide bonds. The van der Waals surface area contributed by atoms with E-state index in [1.54, 1.807) is 49.5 Å². The fraction of sp³-hybridized carbons (Fsp3) is 0.395. The summed E-state index contributed by atoms with van der Waals surface area (Å²) in [5, 5.41) is 6.71. The first-order valence-electron chi connectivity index (χ1n) is 18.4. The van der Waals surface area contributed by atoms with Crippen molar-refractivity contribution in [2.24, 2.45) is 5.41 Å². The zero-order valence-electron chi connectivity index (χ0n) is 31.8. The van der Waals surface area contributed by atoms with Crippen LogP contribution in [0.1, 0.15) is 68.4 Å². The van der Waals surface area contributed by atoms with Crippen LogP contribution in [0.3, 0.4) is 0 Å². The van der Waals surface area contributed by atoms with Crippen LogP contribution in [-0.4, -0.2) is 58.4 Å². The van der Waals surface area contributed by atoms with Gasteiger partial charge in [-0.15, -0.1) is 0 Å². The Hall–Kier alpha value is -4.64. The molecule has 1 aliphatic rings. The largest absolute Gasteiger partial charge is 0.497 e. The van der Waals surface area contributed by atoms with Gasteiger partial charge in [0.25, 0.3) is 5.91 Å². The summed E-state index contributed by atoms with van der Waals surface area (Å²) >= 11 is 6.59. The first kappa shape index (κ1) is 40.5. The third-order valence-electron chi connectivity index (χ3n) is 9.07. The molecule has 0 fully saturated rings. The summed E-state index contributed by atoms with van der Waals surface area (Å²) in [5.74, 6) is 0.613. The zero-order chi connectivity index (χ0) is 38.7. The van der Waals surface area contributed by atoms with Crippen LogP contribution in [0, 0.1) is 11.2 Å². The summed E-state index contributed by atoms with van der Waals surface area (Å²) in [6, 6.07) is 25.3. The second-order valence-corrected chi connectivity index (χ2v) is 15.0. The Labute approximate surface area is 323 Å². The number of nitrogens with one attached hydrogen (secondary N) is 2. The van der Waals surface area contributed by atoms with Gasteiger partial charge in [-0.25, -0.2) is 4.39 Å². The lowest BCUT2D eigenvalue weighted by Gasteiger charge is -2.31. The Morgan fingerprint density at radius 2 is 1.69 bits per heavy atom. The van der Waals surface area contributed by atoms with Gasteiger partial charge < -0.3 is 34.5 Å². The third kappa shape index (κ3) is 11.0. The van der Waals surface area contributed by atoms with E-state index >= 15 is 0 Å². The lowest BCUT2D eigenvalue weighted by molar-refractivity contribution is -0.138. The van der Waals surface area contributed by atoms with E-state index < -0.39 is 23.9 Å². The molecule has 288 valence electrons. The molecule has 2 atom stereocenters. The van der Waals surface area contributed by atoms with Gasteiger partial charge in [0.2, 0.25) is 5.91 Å². The van der Waals surface area contributed by atoms with Crippen molar-refractivity contribution in [1.82, 2.24) is 10.6 Å². The van der Waals surface area contributed by atoms with E-state index in [1.165, 1.54) is 11.6 Å². The van der Waals surface area contributed by atoms with Crippen LogP contribution in [0.25, 0.3) is 0 Å². The summed E-state index contributed by atoms with van der Waals surface area (Å²) in [5.41, 5.74) is 3.23. The second-order valence-electron chi connectivity index (χ2n) is 14.5. The molecule has 0 aromatic heterocycles. The van der Waals surface area contributed by atoms with Crippen molar-refractivity contribution in [2.45, 2.75) is 65.2 Å². The molecule has 0 spiro atoms. The van der Waals surface area contributed by atoms with Crippen LogP contribution >= 0.6 is 11.6 Å². The number of anilines is 1. The number of rotatable bonds is 17. The first-order valence-corrected chi connectivity index (χ1v) is 18.7. The Morgan fingerprint density at radius 1 is 0.926 bits per heavy atom. The summed E-state index contributed by atoms with van der Waals surface area (Å²) in [7, 11) is 3.23. The molecule has 5 rings (SSSR count). The molecule has 0 radical (unpaired) electrons. The van der Waals surface area contributed by atoms with Gasteiger partial charge in [-0.05, 0) is 85.8 Å². The van der Waals surface area contributed by atoms with Gasteiger partial charge in [0.15, 0.2) is 11.5 Å². The van der Waals surface area contributed by atoms with Gasteiger partial charge in [0.1, 0.15) is 23.8 Å². The average Bonchev–Trinajstić information content (AvgIpc) is 3.25. The number of para-hydroxylation sites is 1. The van der Waals surface area contributed by atoms with E-state index in [0.29, 0.717) is 52.1 Å². The predicted octanol–water partition coefficient (Wildman–Crippen LogP) is 8.06. The number of nitrogens with zero attached hydrogens (tertiary/aromatic N) is 1. The fourth-order valence-electron chi connectivity index (χ4n) is 6.44. The highest BCUT2D eigenvalue weighted by Crippen LogP contribution is 2.45. The van der Waals surface area contributed by atoms with Crippen LogP contribution in [0.2, 0.25) is 5.02 Å². The monoisotopic (exact) mass is 759 g/mol. The van der Waals surface area contributed by atoms with Crippen molar-refractivity contribution in [3.05, 3.63) is 118 Å². The fourth-order valence-corrected chi connectivity index (χ4v) is 6.63. The lowest BCUT2D eigenvalue weighted by atomic mass is 9.94. The maximum atomic E-state index is 14.4. The number of hydrogen-bond acceptors (Lipinski definition) is 7. The van der Waals surface area contributed by atoms with E-state index in [0.717, 1.165) is 38.1 Å². The van der Waals surface area contributed by atoms with Crippen LogP contribution in [0.15, 0.2) is 84.9 Å². The highest BCUT2D eigenvalue weighted by molar-refractivity contribution is 6.30. The zero-order valence-corrected chi connectivity index (χ0v) is 32.5. The molecule has 2 N–H and O–H groups in total. The molecule has 1 heterocycles. The third-order valence-corrected chi connectivity index (χ3v) is 9.31. The Balaban J connectivity index is 1.32. The molecule has 0 aliphatic carbocycles. The molecule has 0 unspecified atom stereocenters. The number of methoxy groups -OCH3 is 2. The first-order chi connectivity index (χ1) is 26.0. The van der Waals surface area contributed by atoms with Crippen molar-refractivity contribution in [1.29, 1.82) is 0 Å². The van der Waals surface area contributed by atoms with Gasteiger partial charge in [-0.2, -0.15) is 0 Å². The van der Waals surface area contributed by atoms with Gasteiger partial charge in [0, 0.05) is 40.5 Å². The van der Waals surface area contributed by atoms with E-state index in [4.69, 9.17) is 30.5 Å². The molecular formula is C43H51ClFN3O6. The summed E-state index contributed by atoms with van der Waals surface area (Å²) in [4.78, 5) is 29.4. The average molecular weight is 760 g/mol. The quantitative estimate of drug-likeness (QED) is 0.105. The predicted molar refractivity (Wildman–Crippen MR) is 210 cm³/mol. The topological polar surface area (TPSA) is 98.4 Å². The number of carbonyl (C=O) groups is 2. The van der Waals surface area contributed by atoms with Crippen LogP contribution in [-0.2, 0) is 27.3 Å². The minimum atomic E-state index is -1.17. The molecule has 0 saturated heterocycles. The minimum absolute atomic E-state index is 0.0240. The van der Waals surface area contributed by atoms with Gasteiger partial charge >= 0.3 is 0 Å². The van der Waals surface area contributed by atoms with E-state index in [1.807, 2.05) is 57.2 Å². The van der Waals surface area contributed by atoms with Gasteiger partial charge in [-0.1, -0.05) is 74.8 Å². The molecule has 0 saturated carbocycles. The normalized spacial score (nSPS) is 15.7. The number of fused-ring (bicyclic) bond motifs is 1. The Kier molecular flexibility index (Phi) is 14.3. The van der Waals surface area contributed by atoms with Crippen molar-refractivity contribution < 1.29 is 32.9 Å². The van der Waals surface area contributed by atoms with Crippen LogP contribution in [0.5, 0.6) is 17.2 Å². The smallest absolute Gasteiger partial charge is 0.256 e. The van der Waals surface area contributed by atoms with Crippen LogP contribution in [0.4, 0.5) is 10.1 Å². The number of ether oxygens (including phenoxy) is 4.